The van der Waals surface area contributed by atoms with Crippen molar-refractivity contribution in [3.05, 3.63) is 41.1 Å². The van der Waals surface area contributed by atoms with Crippen molar-refractivity contribution in [3.8, 4) is 11.3 Å². The highest BCUT2D eigenvalue weighted by molar-refractivity contribution is 5.87. The van der Waals surface area contributed by atoms with Crippen LogP contribution < -0.4 is 5.32 Å². The van der Waals surface area contributed by atoms with Crippen molar-refractivity contribution in [3.63, 3.8) is 0 Å². The molecule has 2 amide bonds. The predicted octanol–water partition coefficient (Wildman–Crippen LogP) is 0.737. The van der Waals surface area contributed by atoms with Gasteiger partial charge in [-0.1, -0.05) is 0 Å². The normalized spacial score (nSPS) is 14.7. The number of hydrogen-bond donors (Lipinski definition) is 3. The first kappa shape index (κ1) is 18.0. The molecule has 26 heavy (non-hydrogen) atoms. The van der Waals surface area contributed by atoms with Gasteiger partial charge in [-0.25, -0.2) is 8.78 Å². The van der Waals surface area contributed by atoms with Crippen LogP contribution in [0.25, 0.3) is 11.3 Å². The van der Waals surface area contributed by atoms with Gasteiger partial charge >= 0.3 is 0 Å². The number of aromatic nitrogens is 2. The van der Waals surface area contributed by atoms with Crippen molar-refractivity contribution in [2.45, 2.75) is 25.9 Å². The van der Waals surface area contributed by atoms with Gasteiger partial charge in [0, 0.05) is 43.3 Å². The van der Waals surface area contributed by atoms with Crippen molar-refractivity contribution >= 4 is 11.8 Å². The molecule has 7 nitrogen and oxygen atoms in total. The first-order chi connectivity index (χ1) is 12.4. The number of benzene rings is 1. The first-order valence-electron chi connectivity index (χ1n) is 8.09. The van der Waals surface area contributed by atoms with Crippen molar-refractivity contribution in [1.82, 2.24) is 20.4 Å². The number of hydrogen-bond acceptors (Lipinski definition) is 4. The lowest BCUT2D eigenvalue weighted by Gasteiger charge is -2.30. The lowest BCUT2D eigenvalue weighted by molar-refractivity contribution is -0.138. The number of halogens is 2. The maximum atomic E-state index is 13.5. The van der Waals surface area contributed by atoms with Crippen molar-refractivity contribution in [1.29, 1.82) is 0 Å². The quantitative estimate of drug-likeness (QED) is 0.745. The van der Waals surface area contributed by atoms with Crippen LogP contribution in [0.1, 0.15) is 18.2 Å². The number of nitrogens with zero attached hydrogens (tertiary/aromatic N) is 2. The summed E-state index contributed by atoms with van der Waals surface area (Å²) < 4.78 is 26.7. The summed E-state index contributed by atoms with van der Waals surface area (Å²) in [4.78, 5) is 25.2. The third kappa shape index (κ3) is 3.43. The number of rotatable bonds is 4. The fraction of sp³-hybridized carbons (Fsp3) is 0.353. The van der Waals surface area contributed by atoms with Crippen LogP contribution in [0.3, 0.4) is 0 Å². The summed E-state index contributed by atoms with van der Waals surface area (Å²) in [6, 6.07) is 2.48. The van der Waals surface area contributed by atoms with Gasteiger partial charge in [0.1, 0.15) is 6.04 Å². The maximum Gasteiger partial charge on any atom is 0.247 e. The molecule has 3 rings (SSSR count). The molecule has 9 heteroatoms. The smallest absolute Gasteiger partial charge is 0.247 e. The molecule has 1 aromatic heterocycles. The van der Waals surface area contributed by atoms with E-state index >= 15 is 0 Å². The number of carbonyl (C=O) groups is 2. The minimum Gasteiger partial charge on any atom is -0.394 e. The summed E-state index contributed by atoms with van der Waals surface area (Å²) in [7, 11) is 0. The molecule has 0 bridgehead atoms. The van der Waals surface area contributed by atoms with Crippen molar-refractivity contribution in [2.75, 3.05) is 13.2 Å². The van der Waals surface area contributed by atoms with Crippen LogP contribution in [0.4, 0.5) is 8.78 Å². The number of nitrogens with one attached hydrogen (secondary N) is 2. The minimum atomic E-state index is -1.02. The zero-order valence-corrected chi connectivity index (χ0v) is 14.1. The van der Waals surface area contributed by atoms with Gasteiger partial charge in [-0.3, -0.25) is 14.7 Å². The average molecular weight is 364 g/mol. The van der Waals surface area contributed by atoms with Crippen LogP contribution in [0, 0.1) is 11.6 Å². The second kappa shape index (κ2) is 7.20. The monoisotopic (exact) mass is 364 g/mol. The Hall–Kier alpha value is -2.81. The van der Waals surface area contributed by atoms with E-state index in [2.05, 4.69) is 15.5 Å². The fourth-order valence-electron chi connectivity index (χ4n) is 3.02. The highest BCUT2D eigenvalue weighted by atomic mass is 19.2. The van der Waals surface area contributed by atoms with Crippen molar-refractivity contribution < 1.29 is 23.5 Å². The molecule has 1 aromatic carbocycles. The largest absolute Gasteiger partial charge is 0.394 e. The fourth-order valence-corrected chi connectivity index (χ4v) is 3.02. The van der Waals surface area contributed by atoms with E-state index in [-0.39, 0.29) is 6.54 Å². The van der Waals surface area contributed by atoms with Gasteiger partial charge in [0.2, 0.25) is 11.8 Å². The van der Waals surface area contributed by atoms with Gasteiger partial charge in [0.05, 0.1) is 12.3 Å². The summed E-state index contributed by atoms with van der Waals surface area (Å²) in [6.07, 6.45) is 0.496. The summed E-state index contributed by atoms with van der Waals surface area (Å²) in [6.45, 7) is 1.33. The van der Waals surface area contributed by atoms with Gasteiger partial charge in [0.15, 0.2) is 11.6 Å². The number of aliphatic hydroxyl groups is 1. The zero-order valence-electron chi connectivity index (χ0n) is 14.1. The number of amides is 2. The summed E-state index contributed by atoms with van der Waals surface area (Å²) in [5, 5.41) is 18.8. The second-order valence-electron chi connectivity index (χ2n) is 6.10. The molecule has 0 fully saturated rings. The predicted molar refractivity (Wildman–Crippen MR) is 87.8 cm³/mol. The Balaban J connectivity index is 1.86. The second-order valence-corrected chi connectivity index (χ2v) is 6.10. The summed E-state index contributed by atoms with van der Waals surface area (Å²) >= 11 is 0. The Morgan fingerprint density at radius 3 is 2.81 bits per heavy atom. The molecule has 3 N–H and O–H groups in total. The third-order valence-electron chi connectivity index (χ3n) is 4.30. The summed E-state index contributed by atoms with van der Waals surface area (Å²) in [5.41, 5.74) is 2.36. The Morgan fingerprint density at radius 1 is 1.38 bits per heavy atom. The average Bonchev–Trinajstić information content (AvgIpc) is 3.04. The molecule has 2 heterocycles. The Kier molecular flexibility index (Phi) is 4.99. The van der Waals surface area contributed by atoms with Gasteiger partial charge in [0.25, 0.3) is 0 Å². The molecule has 0 spiro atoms. The van der Waals surface area contributed by atoms with Crippen LogP contribution in [0.2, 0.25) is 0 Å². The zero-order chi connectivity index (χ0) is 18.8. The lowest BCUT2D eigenvalue weighted by atomic mass is 10.0. The van der Waals surface area contributed by atoms with Gasteiger partial charge in [-0.05, 0) is 18.2 Å². The van der Waals surface area contributed by atoms with Gasteiger partial charge in [-0.15, -0.1) is 0 Å². The minimum absolute atomic E-state index is 0.190. The molecular formula is C17H18F2N4O3. The Morgan fingerprint density at radius 2 is 2.15 bits per heavy atom. The van der Waals surface area contributed by atoms with E-state index in [4.69, 9.17) is 0 Å². The number of aromatic amines is 1. The highest BCUT2D eigenvalue weighted by Gasteiger charge is 2.30. The van der Waals surface area contributed by atoms with Crippen LogP contribution in [0.15, 0.2) is 18.2 Å². The van der Waals surface area contributed by atoms with E-state index in [0.717, 1.165) is 17.8 Å². The SMILES string of the molecule is CC(=O)NC(CO)C(=O)N1CCc2[nH]nc(-c3ccc(F)c(F)c3)c2C1. The molecule has 1 aliphatic heterocycles. The molecule has 0 saturated carbocycles. The van der Waals surface area contributed by atoms with Crippen molar-refractivity contribution in [2.24, 2.45) is 0 Å². The van der Waals surface area contributed by atoms with E-state index < -0.39 is 36.1 Å². The van der Waals surface area contributed by atoms with E-state index in [1.807, 2.05) is 0 Å². The molecule has 0 aliphatic carbocycles. The van der Waals surface area contributed by atoms with E-state index in [1.165, 1.54) is 17.9 Å². The first-order valence-corrected chi connectivity index (χ1v) is 8.09. The maximum absolute atomic E-state index is 13.5. The molecular weight excluding hydrogens is 346 g/mol. The highest BCUT2D eigenvalue weighted by Crippen LogP contribution is 2.29. The van der Waals surface area contributed by atoms with E-state index in [9.17, 15) is 23.5 Å². The molecule has 0 saturated heterocycles. The topological polar surface area (TPSA) is 98.3 Å². The van der Waals surface area contributed by atoms with Gasteiger partial charge < -0.3 is 15.3 Å². The molecule has 1 aliphatic rings. The van der Waals surface area contributed by atoms with Gasteiger partial charge in [-0.2, -0.15) is 5.10 Å². The standard InChI is InChI=1S/C17H18F2N4O3/c1-9(25)20-15(8-24)17(26)23-5-4-14-11(7-23)16(22-21-14)10-2-3-12(18)13(19)6-10/h2-3,6,15,24H,4-5,7-8H2,1H3,(H,20,25)(H,21,22). The van der Waals surface area contributed by atoms with Crippen LogP contribution in [0.5, 0.6) is 0 Å². The summed E-state index contributed by atoms with van der Waals surface area (Å²) in [5.74, 6) is -2.75. The van der Waals surface area contributed by atoms with Crippen LogP contribution in [-0.4, -0.2) is 51.2 Å². The van der Waals surface area contributed by atoms with Crippen LogP contribution >= 0.6 is 0 Å². The molecule has 2 aromatic rings. The molecule has 138 valence electrons. The Bertz CT molecular complexity index is 853. The van der Waals surface area contributed by atoms with E-state index in [1.54, 1.807) is 0 Å². The number of fused-ring (bicyclic) bond motifs is 1. The Labute approximate surface area is 148 Å². The molecule has 0 radical (unpaired) electrons. The van der Waals surface area contributed by atoms with E-state index in [0.29, 0.717) is 29.8 Å². The number of aliphatic hydroxyl groups excluding tert-OH is 1. The lowest BCUT2D eigenvalue weighted by Crippen LogP contribution is -2.51. The number of H-pyrrole nitrogens is 1. The third-order valence-corrected chi connectivity index (χ3v) is 4.30. The molecule has 1 atom stereocenters. The molecule has 1 unspecified atom stereocenters. The number of carbonyl (C=O) groups excluding carboxylic acids is 2. The van der Waals surface area contributed by atoms with Crippen LogP contribution in [-0.2, 0) is 22.6 Å².